The predicted octanol–water partition coefficient (Wildman–Crippen LogP) is 2.73. The Bertz CT molecular complexity index is 491. The minimum Gasteiger partial charge on any atom is -0.365 e. The first-order chi connectivity index (χ1) is 9.15. The summed E-state index contributed by atoms with van der Waals surface area (Å²) in [6.07, 6.45) is 2.68. The molecule has 1 aromatic carbocycles. The normalized spacial score (nSPS) is 33.2. The van der Waals surface area contributed by atoms with E-state index in [1.165, 1.54) is 11.1 Å². The molecule has 0 saturated carbocycles. The van der Waals surface area contributed by atoms with Crippen LogP contribution in [0.2, 0.25) is 0 Å². The smallest absolute Gasteiger partial charge is 0.249 e. The van der Waals surface area contributed by atoms with Crippen molar-refractivity contribution in [2.24, 2.45) is 0 Å². The summed E-state index contributed by atoms with van der Waals surface area (Å²) >= 11 is 3.68. The van der Waals surface area contributed by atoms with Crippen molar-refractivity contribution in [1.29, 1.82) is 0 Å². The minimum atomic E-state index is -0.275. The van der Waals surface area contributed by atoms with Gasteiger partial charge in [-0.25, -0.2) is 0 Å². The predicted molar refractivity (Wildman–Crippen MR) is 77.3 cm³/mol. The highest BCUT2D eigenvalue weighted by atomic mass is 79.9. The monoisotopic (exact) mass is 323 g/mol. The van der Waals surface area contributed by atoms with Crippen molar-refractivity contribution in [1.82, 2.24) is 5.32 Å². The summed E-state index contributed by atoms with van der Waals surface area (Å²) in [6.45, 7) is 2.02. The molecule has 3 rings (SSSR count). The zero-order valence-electron chi connectivity index (χ0n) is 10.9. The molecule has 4 unspecified atom stereocenters. The molecule has 4 atom stereocenters. The molecule has 2 aliphatic rings. The molecule has 1 aliphatic heterocycles. The highest BCUT2D eigenvalue weighted by molar-refractivity contribution is 9.09. The number of benzene rings is 1. The first kappa shape index (κ1) is 13.1. The molecule has 0 radical (unpaired) electrons. The molecule has 1 heterocycles. The number of ether oxygens (including phenoxy) is 1. The van der Waals surface area contributed by atoms with E-state index >= 15 is 0 Å². The number of nitrogens with one attached hydrogen (secondary N) is 1. The Balaban J connectivity index is 1.71. The largest absolute Gasteiger partial charge is 0.365 e. The molecule has 1 N–H and O–H groups in total. The van der Waals surface area contributed by atoms with Crippen LogP contribution in [0.15, 0.2) is 24.3 Å². The topological polar surface area (TPSA) is 38.3 Å². The van der Waals surface area contributed by atoms with E-state index in [4.69, 9.17) is 4.74 Å². The first-order valence-corrected chi connectivity index (χ1v) is 7.74. The molecule has 1 saturated heterocycles. The third-order valence-electron chi connectivity index (χ3n) is 3.99. The van der Waals surface area contributed by atoms with E-state index in [1.54, 1.807) is 0 Å². The van der Waals surface area contributed by atoms with Gasteiger partial charge in [0.1, 0.15) is 6.10 Å². The second-order valence-electron chi connectivity index (χ2n) is 5.42. The van der Waals surface area contributed by atoms with Crippen LogP contribution >= 0.6 is 15.9 Å². The number of amides is 1. The average Bonchev–Trinajstić information content (AvgIpc) is 2.95. The van der Waals surface area contributed by atoms with Gasteiger partial charge in [0.15, 0.2) is 0 Å². The number of hydrogen-bond acceptors (Lipinski definition) is 2. The number of halogens is 1. The zero-order chi connectivity index (χ0) is 13.4. The number of carbonyl (C=O) groups is 1. The SMILES string of the molecule is CC1CCC(C(=O)NC2c3ccccc3CC2Br)O1. The van der Waals surface area contributed by atoms with Gasteiger partial charge in [0.2, 0.25) is 5.91 Å². The molecule has 102 valence electrons. The van der Waals surface area contributed by atoms with Crippen LogP contribution in [0.4, 0.5) is 0 Å². The number of fused-ring (bicyclic) bond motifs is 1. The lowest BCUT2D eigenvalue weighted by Gasteiger charge is -2.20. The Labute approximate surface area is 121 Å². The van der Waals surface area contributed by atoms with Crippen molar-refractivity contribution in [2.45, 2.75) is 49.3 Å². The van der Waals surface area contributed by atoms with Crippen LogP contribution in [0.5, 0.6) is 0 Å². The van der Waals surface area contributed by atoms with E-state index in [0.29, 0.717) is 0 Å². The van der Waals surface area contributed by atoms with Gasteiger partial charge in [-0.05, 0) is 37.3 Å². The zero-order valence-corrected chi connectivity index (χ0v) is 12.5. The van der Waals surface area contributed by atoms with Gasteiger partial charge in [0.05, 0.1) is 12.1 Å². The molecular weight excluding hydrogens is 306 g/mol. The maximum atomic E-state index is 12.2. The molecule has 1 aliphatic carbocycles. The van der Waals surface area contributed by atoms with Crippen LogP contribution in [0.25, 0.3) is 0 Å². The summed E-state index contributed by atoms with van der Waals surface area (Å²) in [5, 5.41) is 3.14. The fraction of sp³-hybridized carbons (Fsp3) is 0.533. The average molecular weight is 324 g/mol. The Morgan fingerprint density at radius 1 is 1.37 bits per heavy atom. The van der Waals surface area contributed by atoms with Crippen molar-refractivity contribution < 1.29 is 9.53 Å². The van der Waals surface area contributed by atoms with Gasteiger partial charge in [-0.15, -0.1) is 0 Å². The lowest BCUT2D eigenvalue weighted by Crippen LogP contribution is -2.39. The summed E-state index contributed by atoms with van der Waals surface area (Å²) in [5.41, 5.74) is 2.54. The standard InChI is InChI=1S/C15H18BrNO2/c1-9-6-7-13(19-9)15(18)17-14-11-5-3-2-4-10(11)8-12(14)16/h2-5,9,12-14H,6-8H2,1H3,(H,17,18). The van der Waals surface area contributed by atoms with Gasteiger partial charge < -0.3 is 10.1 Å². The first-order valence-electron chi connectivity index (χ1n) is 6.83. The van der Waals surface area contributed by atoms with Crippen LogP contribution in [-0.4, -0.2) is 22.9 Å². The van der Waals surface area contributed by atoms with E-state index in [2.05, 4.69) is 33.4 Å². The molecular formula is C15H18BrNO2. The maximum absolute atomic E-state index is 12.2. The van der Waals surface area contributed by atoms with Crippen LogP contribution in [-0.2, 0) is 16.0 Å². The van der Waals surface area contributed by atoms with Crippen LogP contribution < -0.4 is 5.32 Å². The van der Waals surface area contributed by atoms with Crippen molar-refractivity contribution in [3.63, 3.8) is 0 Å². The Morgan fingerprint density at radius 2 is 2.16 bits per heavy atom. The number of alkyl halides is 1. The van der Waals surface area contributed by atoms with Gasteiger partial charge in [0.25, 0.3) is 0 Å². The van der Waals surface area contributed by atoms with Crippen LogP contribution in [0, 0.1) is 0 Å². The highest BCUT2D eigenvalue weighted by Crippen LogP contribution is 2.36. The number of hydrogen-bond donors (Lipinski definition) is 1. The molecule has 0 spiro atoms. The summed E-state index contributed by atoms with van der Waals surface area (Å²) < 4.78 is 5.63. The van der Waals surface area contributed by atoms with Crippen molar-refractivity contribution >= 4 is 21.8 Å². The molecule has 0 aromatic heterocycles. The van der Waals surface area contributed by atoms with E-state index in [1.807, 2.05) is 19.1 Å². The van der Waals surface area contributed by atoms with Crippen molar-refractivity contribution in [2.75, 3.05) is 0 Å². The summed E-state index contributed by atoms with van der Waals surface area (Å²) in [7, 11) is 0. The van der Waals surface area contributed by atoms with Crippen LogP contribution in [0.3, 0.4) is 0 Å². The Morgan fingerprint density at radius 3 is 2.89 bits per heavy atom. The van der Waals surface area contributed by atoms with E-state index in [9.17, 15) is 4.79 Å². The fourth-order valence-corrected chi connectivity index (χ4v) is 3.72. The number of rotatable bonds is 2. The molecule has 3 nitrogen and oxygen atoms in total. The lowest BCUT2D eigenvalue weighted by molar-refractivity contribution is -0.132. The van der Waals surface area contributed by atoms with E-state index in [0.717, 1.165) is 19.3 Å². The van der Waals surface area contributed by atoms with Gasteiger partial charge in [0, 0.05) is 4.83 Å². The molecule has 1 fully saturated rings. The van der Waals surface area contributed by atoms with E-state index < -0.39 is 0 Å². The molecule has 19 heavy (non-hydrogen) atoms. The van der Waals surface area contributed by atoms with Crippen molar-refractivity contribution in [3.05, 3.63) is 35.4 Å². The second kappa shape index (κ2) is 5.25. The molecule has 4 heteroatoms. The van der Waals surface area contributed by atoms with Gasteiger partial charge in [-0.1, -0.05) is 40.2 Å². The summed E-state index contributed by atoms with van der Waals surface area (Å²) in [6, 6.07) is 8.36. The van der Waals surface area contributed by atoms with Crippen LogP contribution in [0.1, 0.15) is 36.9 Å². The molecule has 0 bridgehead atoms. The summed E-state index contributed by atoms with van der Waals surface area (Å²) in [5.74, 6) is 0.0236. The van der Waals surface area contributed by atoms with Gasteiger partial charge in [-0.2, -0.15) is 0 Å². The second-order valence-corrected chi connectivity index (χ2v) is 6.59. The van der Waals surface area contributed by atoms with Gasteiger partial charge >= 0.3 is 0 Å². The maximum Gasteiger partial charge on any atom is 0.249 e. The van der Waals surface area contributed by atoms with Crippen molar-refractivity contribution in [3.8, 4) is 0 Å². The molecule has 1 amide bonds. The number of carbonyl (C=O) groups excluding carboxylic acids is 1. The summed E-state index contributed by atoms with van der Waals surface area (Å²) in [4.78, 5) is 12.5. The molecule has 1 aromatic rings. The minimum absolute atomic E-state index is 0.0236. The van der Waals surface area contributed by atoms with E-state index in [-0.39, 0.29) is 29.0 Å². The third-order valence-corrected chi connectivity index (χ3v) is 4.84. The highest BCUT2D eigenvalue weighted by Gasteiger charge is 2.35. The Kier molecular flexibility index (Phi) is 3.63. The fourth-order valence-electron chi connectivity index (χ4n) is 2.96. The van der Waals surface area contributed by atoms with Gasteiger partial charge in [-0.3, -0.25) is 4.79 Å². The Hall–Kier alpha value is -0.870. The lowest BCUT2D eigenvalue weighted by atomic mass is 10.1. The third kappa shape index (κ3) is 2.56. The quantitative estimate of drug-likeness (QED) is 0.850.